The summed E-state index contributed by atoms with van der Waals surface area (Å²) in [5.41, 5.74) is 6.34. The number of esters is 1. The summed E-state index contributed by atoms with van der Waals surface area (Å²) in [5, 5.41) is 0. The van der Waals surface area contributed by atoms with Crippen molar-refractivity contribution < 1.29 is 9.53 Å². The Kier molecular flexibility index (Phi) is 7.69. The molecule has 4 aromatic carbocycles. The van der Waals surface area contributed by atoms with E-state index in [2.05, 4.69) is 49.9 Å². The predicted molar refractivity (Wildman–Crippen MR) is 143 cm³/mol. The Labute approximate surface area is 207 Å². The van der Waals surface area contributed by atoms with Crippen LogP contribution in [0.4, 0.5) is 0 Å². The highest BCUT2D eigenvalue weighted by Crippen LogP contribution is 2.41. The van der Waals surface area contributed by atoms with Gasteiger partial charge >= 0.3 is 5.97 Å². The molecule has 0 aromatic heterocycles. The molecule has 0 amide bonds. The molecule has 4 rings (SSSR count). The zero-order chi connectivity index (χ0) is 24.6. The number of benzene rings is 4. The SMILES string of the molecule is C=C(C(=O)OC)[C@@H](c1ccccc1)[C@@H](N=C(c1ccccc1)c1ccccc1)c1ccccc1C. The maximum absolute atomic E-state index is 12.8. The molecule has 174 valence electrons. The van der Waals surface area contributed by atoms with Gasteiger partial charge in [0.15, 0.2) is 0 Å². The molecule has 0 bridgehead atoms. The smallest absolute Gasteiger partial charge is 0.333 e. The largest absolute Gasteiger partial charge is 0.466 e. The minimum Gasteiger partial charge on any atom is -0.466 e. The molecule has 0 aliphatic heterocycles. The summed E-state index contributed by atoms with van der Waals surface area (Å²) in [5.74, 6) is -0.846. The number of carbonyl (C=O) groups excluding carboxylic acids is 1. The summed E-state index contributed by atoms with van der Waals surface area (Å²) in [4.78, 5) is 18.2. The molecule has 0 aliphatic carbocycles. The van der Waals surface area contributed by atoms with Crippen molar-refractivity contribution in [2.75, 3.05) is 7.11 Å². The van der Waals surface area contributed by atoms with Crippen LogP contribution in [-0.2, 0) is 9.53 Å². The first kappa shape index (κ1) is 23.9. The molecule has 0 fully saturated rings. The van der Waals surface area contributed by atoms with Crippen LogP contribution in [0.25, 0.3) is 0 Å². The highest BCUT2D eigenvalue weighted by atomic mass is 16.5. The van der Waals surface area contributed by atoms with Gasteiger partial charge in [0.1, 0.15) is 0 Å². The van der Waals surface area contributed by atoms with Crippen LogP contribution in [-0.4, -0.2) is 18.8 Å². The van der Waals surface area contributed by atoms with Gasteiger partial charge in [-0.15, -0.1) is 0 Å². The van der Waals surface area contributed by atoms with Crippen molar-refractivity contribution >= 4 is 11.7 Å². The molecule has 35 heavy (non-hydrogen) atoms. The van der Waals surface area contributed by atoms with Gasteiger partial charge in [-0.2, -0.15) is 0 Å². The average molecular weight is 460 g/mol. The van der Waals surface area contributed by atoms with Gasteiger partial charge in [-0.3, -0.25) is 4.99 Å². The lowest BCUT2D eigenvalue weighted by molar-refractivity contribution is -0.136. The molecule has 0 unspecified atom stereocenters. The molecular weight excluding hydrogens is 430 g/mol. The Morgan fingerprint density at radius 3 is 1.74 bits per heavy atom. The van der Waals surface area contributed by atoms with E-state index in [1.54, 1.807) is 0 Å². The van der Waals surface area contributed by atoms with Crippen LogP contribution in [0, 0.1) is 6.92 Å². The summed E-state index contributed by atoms with van der Waals surface area (Å²) in [7, 11) is 1.39. The second-order valence-electron chi connectivity index (χ2n) is 8.42. The Morgan fingerprint density at radius 1 is 0.743 bits per heavy atom. The highest BCUT2D eigenvalue weighted by Gasteiger charge is 2.32. The van der Waals surface area contributed by atoms with E-state index in [0.717, 1.165) is 33.5 Å². The Morgan fingerprint density at radius 2 is 1.23 bits per heavy atom. The highest BCUT2D eigenvalue weighted by molar-refractivity contribution is 6.13. The van der Waals surface area contributed by atoms with Crippen molar-refractivity contribution in [1.29, 1.82) is 0 Å². The number of ether oxygens (including phenoxy) is 1. The Hall–Kier alpha value is -4.24. The fourth-order valence-electron chi connectivity index (χ4n) is 4.38. The lowest BCUT2D eigenvalue weighted by atomic mass is 9.80. The van der Waals surface area contributed by atoms with Gasteiger partial charge in [0.25, 0.3) is 0 Å². The lowest BCUT2D eigenvalue weighted by Crippen LogP contribution is -2.20. The van der Waals surface area contributed by atoms with Gasteiger partial charge in [0, 0.05) is 22.6 Å². The van der Waals surface area contributed by atoms with E-state index in [4.69, 9.17) is 9.73 Å². The van der Waals surface area contributed by atoms with Crippen LogP contribution in [0.2, 0.25) is 0 Å². The Balaban J connectivity index is 2.00. The van der Waals surface area contributed by atoms with Gasteiger partial charge in [-0.25, -0.2) is 4.79 Å². The minimum atomic E-state index is -0.436. The molecular formula is C32H29NO2. The number of methoxy groups -OCH3 is 1. The van der Waals surface area contributed by atoms with Gasteiger partial charge in [0.05, 0.1) is 18.9 Å². The molecule has 0 heterocycles. The van der Waals surface area contributed by atoms with Crippen LogP contribution in [0.3, 0.4) is 0 Å². The standard InChI is InChI=1S/C32H29NO2/c1-23-15-13-14-22-28(23)31(29(24(2)32(34)35-3)25-16-7-4-8-17-25)33-30(26-18-9-5-10-19-26)27-20-11-6-12-21-27/h4-22,29,31H,2H2,1,3H3/t29-,31-/m0/s1. The number of aliphatic imine (C=N–C) groups is 1. The van der Waals surface area contributed by atoms with Crippen molar-refractivity contribution in [3.63, 3.8) is 0 Å². The van der Waals surface area contributed by atoms with Gasteiger partial charge in [-0.05, 0) is 23.6 Å². The summed E-state index contributed by atoms with van der Waals surface area (Å²) >= 11 is 0. The maximum atomic E-state index is 12.8. The predicted octanol–water partition coefficient (Wildman–Crippen LogP) is 7.09. The first-order valence-corrected chi connectivity index (χ1v) is 11.7. The molecule has 0 saturated heterocycles. The quantitative estimate of drug-likeness (QED) is 0.160. The molecule has 4 aromatic rings. The summed E-state index contributed by atoms with van der Waals surface area (Å²) in [6, 6.07) is 38.0. The first-order chi connectivity index (χ1) is 17.1. The van der Waals surface area contributed by atoms with Gasteiger partial charge < -0.3 is 4.74 Å². The molecule has 0 saturated carbocycles. The number of aryl methyl sites for hydroxylation is 1. The molecule has 3 heteroatoms. The number of hydrogen-bond donors (Lipinski definition) is 0. The molecule has 0 radical (unpaired) electrons. The van der Waals surface area contributed by atoms with Gasteiger partial charge in [-0.1, -0.05) is 122 Å². The summed E-state index contributed by atoms with van der Waals surface area (Å²) in [6.07, 6.45) is 0. The zero-order valence-corrected chi connectivity index (χ0v) is 20.1. The number of carbonyl (C=O) groups is 1. The lowest BCUT2D eigenvalue weighted by Gasteiger charge is -2.28. The Bertz CT molecular complexity index is 1270. The third-order valence-electron chi connectivity index (χ3n) is 6.17. The molecule has 0 aliphatic rings. The van der Waals surface area contributed by atoms with Crippen LogP contribution >= 0.6 is 0 Å². The fourth-order valence-corrected chi connectivity index (χ4v) is 4.38. The van der Waals surface area contributed by atoms with Crippen LogP contribution < -0.4 is 0 Å². The van der Waals surface area contributed by atoms with Crippen molar-refractivity contribution in [3.8, 4) is 0 Å². The van der Waals surface area contributed by atoms with E-state index in [9.17, 15) is 4.79 Å². The molecule has 3 nitrogen and oxygen atoms in total. The van der Waals surface area contributed by atoms with Crippen molar-refractivity contribution in [3.05, 3.63) is 155 Å². The number of hydrogen-bond acceptors (Lipinski definition) is 3. The number of rotatable bonds is 8. The van der Waals surface area contributed by atoms with Crippen LogP contribution in [0.1, 0.15) is 39.8 Å². The fraction of sp³-hybridized carbons (Fsp3) is 0.125. The summed E-state index contributed by atoms with van der Waals surface area (Å²) < 4.78 is 5.12. The molecule has 2 atom stereocenters. The van der Waals surface area contributed by atoms with Crippen molar-refractivity contribution in [1.82, 2.24) is 0 Å². The topological polar surface area (TPSA) is 38.7 Å². The minimum absolute atomic E-state index is 0.371. The third-order valence-corrected chi connectivity index (χ3v) is 6.17. The van der Waals surface area contributed by atoms with E-state index in [1.165, 1.54) is 7.11 Å². The van der Waals surface area contributed by atoms with E-state index in [0.29, 0.717) is 5.57 Å². The first-order valence-electron chi connectivity index (χ1n) is 11.7. The molecule has 0 spiro atoms. The third kappa shape index (κ3) is 5.47. The number of nitrogens with zero attached hydrogens (tertiary/aromatic N) is 1. The monoisotopic (exact) mass is 459 g/mol. The van der Waals surface area contributed by atoms with Crippen molar-refractivity contribution in [2.24, 2.45) is 4.99 Å². The van der Waals surface area contributed by atoms with E-state index < -0.39 is 17.9 Å². The normalized spacial score (nSPS) is 12.3. The second kappa shape index (κ2) is 11.3. The van der Waals surface area contributed by atoms with Crippen LogP contribution in [0.5, 0.6) is 0 Å². The van der Waals surface area contributed by atoms with E-state index in [-0.39, 0.29) is 0 Å². The van der Waals surface area contributed by atoms with Crippen LogP contribution in [0.15, 0.2) is 132 Å². The average Bonchev–Trinajstić information content (AvgIpc) is 2.92. The second-order valence-corrected chi connectivity index (χ2v) is 8.42. The zero-order valence-electron chi connectivity index (χ0n) is 20.1. The summed E-state index contributed by atoms with van der Waals surface area (Å²) in [6.45, 7) is 6.26. The van der Waals surface area contributed by atoms with Gasteiger partial charge in [0.2, 0.25) is 0 Å². The van der Waals surface area contributed by atoms with E-state index in [1.807, 2.05) is 78.9 Å². The molecule has 0 N–H and O–H groups in total. The van der Waals surface area contributed by atoms with E-state index >= 15 is 0 Å². The maximum Gasteiger partial charge on any atom is 0.333 e. The van der Waals surface area contributed by atoms with Crippen molar-refractivity contribution in [2.45, 2.75) is 18.9 Å².